The van der Waals surface area contributed by atoms with E-state index >= 15 is 0 Å². The average Bonchev–Trinajstić information content (AvgIpc) is 2.60. The van der Waals surface area contributed by atoms with Gasteiger partial charge < -0.3 is 5.32 Å². The van der Waals surface area contributed by atoms with Crippen LogP contribution in [0, 0.1) is 16.0 Å². The molecule has 0 fully saturated rings. The van der Waals surface area contributed by atoms with Crippen molar-refractivity contribution in [2.24, 2.45) is 5.92 Å². The third-order valence-electron chi connectivity index (χ3n) is 3.99. The van der Waals surface area contributed by atoms with Gasteiger partial charge in [0.1, 0.15) is 5.78 Å². The molecule has 0 amide bonds. The minimum absolute atomic E-state index is 0.0264. The fourth-order valence-electron chi connectivity index (χ4n) is 2.53. The molecule has 6 heteroatoms. The van der Waals surface area contributed by atoms with E-state index < -0.39 is 4.92 Å². The predicted octanol–water partition coefficient (Wildman–Crippen LogP) is 5.02. The number of benzene rings is 2. The van der Waals surface area contributed by atoms with Gasteiger partial charge in [0.05, 0.1) is 11.0 Å². The van der Waals surface area contributed by atoms with Gasteiger partial charge in [0.2, 0.25) is 0 Å². The van der Waals surface area contributed by atoms with Crippen molar-refractivity contribution in [3.63, 3.8) is 0 Å². The summed E-state index contributed by atoms with van der Waals surface area (Å²) < 4.78 is 0. The largest absolute Gasteiger partial charge is 0.378 e. The molecule has 1 N–H and O–H groups in total. The molecule has 5 nitrogen and oxygen atoms in total. The van der Waals surface area contributed by atoms with E-state index in [9.17, 15) is 14.9 Å². The molecule has 126 valence electrons. The number of ketones is 1. The third kappa shape index (κ3) is 4.32. The normalized spacial score (nSPS) is 13.1. The van der Waals surface area contributed by atoms with Crippen LogP contribution in [-0.2, 0) is 4.79 Å². The molecule has 0 radical (unpaired) electrons. The fourth-order valence-corrected chi connectivity index (χ4v) is 2.66. The SMILES string of the molecule is CCC(=O)[C@H](C)[C@@H](Nc1ccc(Cl)cc1)c1ccc([N+](=O)[O-])cc1. The Labute approximate surface area is 145 Å². The van der Waals surface area contributed by atoms with Crippen LogP contribution >= 0.6 is 11.6 Å². The number of nitrogens with zero attached hydrogens (tertiary/aromatic N) is 1. The molecule has 0 unspecified atom stereocenters. The van der Waals surface area contributed by atoms with Crippen molar-refractivity contribution >= 4 is 28.8 Å². The number of nitro benzene ring substituents is 1. The molecule has 2 aromatic carbocycles. The second-order valence-corrected chi connectivity index (χ2v) is 6.02. The number of halogens is 1. The molecule has 0 aromatic heterocycles. The van der Waals surface area contributed by atoms with Gasteiger partial charge in [-0.15, -0.1) is 0 Å². The molecule has 2 atom stereocenters. The lowest BCUT2D eigenvalue weighted by molar-refractivity contribution is -0.384. The van der Waals surface area contributed by atoms with Gasteiger partial charge in [0.15, 0.2) is 0 Å². The molecule has 0 spiro atoms. The van der Waals surface area contributed by atoms with E-state index in [1.54, 1.807) is 24.3 Å². The summed E-state index contributed by atoms with van der Waals surface area (Å²) in [5, 5.41) is 14.8. The van der Waals surface area contributed by atoms with Crippen molar-refractivity contribution in [3.8, 4) is 0 Å². The summed E-state index contributed by atoms with van der Waals surface area (Å²) in [7, 11) is 0. The van der Waals surface area contributed by atoms with Crippen LogP contribution in [-0.4, -0.2) is 10.7 Å². The molecule has 2 aromatic rings. The first kappa shape index (κ1) is 17.9. The maximum Gasteiger partial charge on any atom is 0.269 e. The topological polar surface area (TPSA) is 72.2 Å². The van der Waals surface area contributed by atoms with E-state index in [4.69, 9.17) is 11.6 Å². The lowest BCUT2D eigenvalue weighted by atomic mass is 9.89. The summed E-state index contributed by atoms with van der Waals surface area (Å²) in [5.74, 6) is -0.146. The maximum absolute atomic E-state index is 12.2. The zero-order valence-corrected chi connectivity index (χ0v) is 14.3. The van der Waals surface area contributed by atoms with Crippen LogP contribution in [0.25, 0.3) is 0 Å². The van der Waals surface area contributed by atoms with Crippen molar-refractivity contribution in [2.75, 3.05) is 5.32 Å². The van der Waals surface area contributed by atoms with Gasteiger partial charge in [-0.3, -0.25) is 14.9 Å². The first-order chi connectivity index (χ1) is 11.4. The standard InChI is InChI=1S/C18H19ClN2O3/c1-3-17(22)12(2)18(20-15-8-6-14(19)7-9-15)13-4-10-16(11-5-13)21(23)24/h4-12,18,20H,3H2,1-2H3/t12-,18+/m0/s1. The Kier molecular flexibility index (Phi) is 5.93. The minimum Gasteiger partial charge on any atom is -0.378 e. The first-order valence-corrected chi connectivity index (χ1v) is 8.09. The van der Waals surface area contributed by atoms with E-state index in [-0.39, 0.29) is 23.4 Å². The molecule has 0 bridgehead atoms. The molecule has 2 rings (SSSR count). The third-order valence-corrected chi connectivity index (χ3v) is 4.24. The van der Waals surface area contributed by atoms with Crippen LogP contribution < -0.4 is 5.32 Å². The highest BCUT2D eigenvalue weighted by atomic mass is 35.5. The van der Waals surface area contributed by atoms with Crippen LogP contribution in [0.3, 0.4) is 0 Å². The summed E-state index contributed by atoms with van der Waals surface area (Å²) >= 11 is 5.90. The molecule has 0 saturated heterocycles. The van der Waals surface area contributed by atoms with Gasteiger partial charge in [0, 0.05) is 35.2 Å². The van der Waals surface area contributed by atoms with Gasteiger partial charge in [-0.25, -0.2) is 0 Å². The Balaban J connectivity index is 2.32. The van der Waals surface area contributed by atoms with Gasteiger partial charge >= 0.3 is 0 Å². The molecular weight excluding hydrogens is 328 g/mol. The molecular formula is C18H19ClN2O3. The Morgan fingerprint density at radius 1 is 1.17 bits per heavy atom. The van der Waals surface area contributed by atoms with E-state index in [0.717, 1.165) is 11.3 Å². The average molecular weight is 347 g/mol. The zero-order valence-electron chi connectivity index (χ0n) is 13.5. The van der Waals surface area contributed by atoms with Crippen molar-refractivity contribution in [3.05, 3.63) is 69.2 Å². The molecule has 0 aliphatic heterocycles. The van der Waals surface area contributed by atoms with E-state index in [0.29, 0.717) is 11.4 Å². The number of Topliss-reactive ketones (excluding diaryl/α,β-unsaturated/α-hetero) is 1. The number of nitro groups is 1. The summed E-state index contributed by atoms with van der Waals surface area (Å²) in [6.45, 7) is 3.69. The Hall–Kier alpha value is -2.40. The number of hydrogen-bond donors (Lipinski definition) is 1. The highest BCUT2D eigenvalue weighted by Gasteiger charge is 2.25. The van der Waals surface area contributed by atoms with Crippen molar-refractivity contribution in [1.82, 2.24) is 0 Å². The lowest BCUT2D eigenvalue weighted by Crippen LogP contribution is -2.25. The first-order valence-electron chi connectivity index (χ1n) is 7.71. The second-order valence-electron chi connectivity index (χ2n) is 5.59. The lowest BCUT2D eigenvalue weighted by Gasteiger charge is -2.25. The number of hydrogen-bond acceptors (Lipinski definition) is 4. The Morgan fingerprint density at radius 2 is 1.75 bits per heavy atom. The van der Waals surface area contributed by atoms with Crippen LogP contribution in [0.2, 0.25) is 5.02 Å². The van der Waals surface area contributed by atoms with E-state index in [1.807, 2.05) is 26.0 Å². The van der Waals surface area contributed by atoms with Crippen molar-refractivity contribution in [2.45, 2.75) is 26.3 Å². The summed E-state index contributed by atoms with van der Waals surface area (Å²) in [4.78, 5) is 22.6. The van der Waals surface area contributed by atoms with Gasteiger partial charge in [0.25, 0.3) is 5.69 Å². The second kappa shape index (κ2) is 7.93. The maximum atomic E-state index is 12.2. The summed E-state index contributed by atoms with van der Waals surface area (Å²) in [6.07, 6.45) is 0.437. The molecule has 0 aliphatic carbocycles. The Morgan fingerprint density at radius 3 is 2.25 bits per heavy atom. The van der Waals surface area contributed by atoms with Crippen LogP contribution in [0.1, 0.15) is 31.9 Å². The number of anilines is 1. The van der Waals surface area contributed by atoms with Crippen LogP contribution in [0.15, 0.2) is 48.5 Å². The quantitative estimate of drug-likeness (QED) is 0.564. The monoisotopic (exact) mass is 346 g/mol. The van der Waals surface area contributed by atoms with Crippen LogP contribution in [0.5, 0.6) is 0 Å². The van der Waals surface area contributed by atoms with Crippen molar-refractivity contribution < 1.29 is 9.72 Å². The van der Waals surface area contributed by atoms with Crippen LogP contribution in [0.4, 0.5) is 11.4 Å². The number of carbonyl (C=O) groups is 1. The number of non-ortho nitro benzene ring substituents is 1. The highest BCUT2D eigenvalue weighted by molar-refractivity contribution is 6.30. The summed E-state index contributed by atoms with van der Waals surface area (Å²) in [6, 6.07) is 13.2. The van der Waals surface area contributed by atoms with E-state index in [2.05, 4.69) is 5.32 Å². The van der Waals surface area contributed by atoms with Gasteiger partial charge in [-0.2, -0.15) is 0 Å². The smallest absolute Gasteiger partial charge is 0.269 e. The highest BCUT2D eigenvalue weighted by Crippen LogP contribution is 2.29. The molecule has 24 heavy (non-hydrogen) atoms. The molecule has 0 aliphatic rings. The van der Waals surface area contributed by atoms with Gasteiger partial charge in [-0.1, -0.05) is 37.6 Å². The van der Waals surface area contributed by atoms with E-state index in [1.165, 1.54) is 12.1 Å². The molecule has 0 saturated carbocycles. The number of nitrogens with one attached hydrogen (secondary N) is 1. The van der Waals surface area contributed by atoms with Crippen molar-refractivity contribution in [1.29, 1.82) is 0 Å². The number of carbonyl (C=O) groups excluding carboxylic acids is 1. The predicted molar refractivity (Wildman–Crippen MR) is 95.4 cm³/mol. The summed E-state index contributed by atoms with van der Waals surface area (Å²) in [5.41, 5.74) is 1.68. The fraction of sp³-hybridized carbons (Fsp3) is 0.278. The number of rotatable bonds is 7. The van der Waals surface area contributed by atoms with Gasteiger partial charge in [-0.05, 0) is 29.8 Å². The molecule has 0 heterocycles. The zero-order chi connectivity index (χ0) is 17.7. The minimum atomic E-state index is -0.438. The Bertz CT molecular complexity index is 714.